The van der Waals surface area contributed by atoms with Gasteiger partial charge in [0.1, 0.15) is 0 Å². The van der Waals surface area contributed by atoms with Crippen molar-refractivity contribution in [1.29, 1.82) is 0 Å². The second kappa shape index (κ2) is 6.21. The Labute approximate surface area is 103 Å². The van der Waals surface area contributed by atoms with Gasteiger partial charge in [-0.2, -0.15) is 0 Å². The third kappa shape index (κ3) is 3.10. The molecule has 1 unspecified atom stereocenters. The molecule has 1 atom stereocenters. The van der Waals surface area contributed by atoms with Gasteiger partial charge in [0, 0.05) is 19.6 Å². The first-order valence-corrected chi connectivity index (χ1v) is 6.58. The number of likely N-dealkylation sites (tertiary alicyclic amines) is 1. The summed E-state index contributed by atoms with van der Waals surface area (Å²) in [5.74, 6) is 0. The van der Waals surface area contributed by atoms with Gasteiger partial charge >= 0.3 is 6.09 Å². The number of rotatable bonds is 2. The molecule has 2 fully saturated rings. The molecule has 0 aromatic rings. The fourth-order valence-electron chi connectivity index (χ4n) is 2.59. The highest BCUT2D eigenvalue weighted by molar-refractivity contribution is 5.68. The van der Waals surface area contributed by atoms with E-state index in [1.165, 1.54) is 6.42 Å². The van der Waals surface area contributed by atoms with Crippen LogP contribution < -0.4 is 0 Å². The van der Waals surface area contributed by atoms with E-state index in [0.717, 1.165) is 45.7 Å². The molecule has 0 aliphatic carbocycles. The minimum atomic E-state index is -0.163. The Hall–Kier alpha value is -0.810. The van der Waals surface area contributed by atoms with Gasteiger partial charge in [0.15, 0.2) is 0 Å². The van der Waals surface area contributed by atoms with Gasteiger partial charge in [-0.25, -0.2) is 4.79 Å². The third-order valence-corrected chi connectivity index (χ3v) is 3.44. The molecule has 0 saturated carbocycles. The lowest BCUT2D eigenvalue weighted by molar-refractivity contribution is -0.0437. The van der Waals surface area contributed by atoms with Gasteiger partial charge in [-0.05, 0) is 26.2 Å². The van der Waals surface area contributed by atoms with E-state index in [-0.39, 0.29) is 12.3 Å². The maximum Gasteiger partial charge on any atom is 0.411 e. The second-order valence-electron chi connectivity index (χ2n) is 4.52. The summed E-state index contributed by atoms with van der Waals surface area (Å²) >= 11 is 0. The number of carbonyl (C=O) groups is 1. The minimum Gasteiger partial charge on any atom is -0.450 e. The Morgan fingerprint density at radius 3 is 2.76 bits per heavy atom. The molecule has 0 aromatic heterocycles. The molecule has 98 valence electrons. The van der Waals surface area contributed by atoms with Gasteiger partial charge < -0.3 is 9.47 Å². The van der Waals surface area contributed by atoms with Crippen molar-refractivity contribution in [3.63, 3.8) is 0 Å². The zero-order valence-corrected chi connectivity index (χ0v) is 10.6. The van der Waals surface area contributed by atoms with Crippen molar-refractivity contribution in [2.45, 2.75) is 32.4 Å². The van der Waals surface area contributed by atoms with E-state index in [0.29, 0.717) is 6.61 Å². The number of ether oxygens (including phenoxy) is 2. The van der Waals surface area contributed by atoms with Crippen molar-refractivity contribution < 1.29 is 14.3 Å². The molecule has 2 heterocycles. The largest absolute Gasteiger partial charge is 0.450 e. The number of piperidine rings is 1. The molecule has 0 bridgehead atoms. The molecule has 2 aliphatic heterocycles. The van der Waals surface area contributed by atoms with E-state index in [4.69, 9.17) is 9.47 Å². The Balaban J connectivity index is 1.97. The van der Waals surface area contributed by atoms with Crippen LogP contribution in [0.3, 0.4) is 0 Å². The van der Waals surface area contributed by atoms with Crippen LogP contribution in [0.25, 0.3) is 0 Å². The Morgan fingerprint density at radius 1 is 1.29 bits per heavy atom. The van der Waals surface area contributed by atoms with Gasteiger partial charge in [-0.15, -0.1) is 0 Å². The first-order valence-electron chi connectivity index (χ1n) is 6.58. The number of hydrogen-bond donors (Lipinski definition) is 0. The van der Waals surface area contributed by atoms with E-state index in [1.807, 2.05) is 11.8 Å². The summed E-state index contributed by atoms with van der Waals surface area (Å²) in [5.41, 5.74) is 0. The molecule has 0 radical (unpaired) electrons. The molecular formula is C12H22N2O3. The summed E-state index contributed by atoms with van der Waals surface area (Å²) in [6, 6.07) is 0. The number of morpholine rings is 1. The Bertz CT molecular complexity index is 254. The van der Waals surface area contributed by atoms with Crippen LogP contribution in [-0.4, -0.2) is 61.5 Å². The van der Waals surface area contributed by atoms with E-state index in [1.54, 1.807) is 0 Å². The quantitative estimate of drug-likeness (QED) is 0.731. The summed E-state index contributed by atoms with van der Waals surface area (Å²) in [6.07, 6.45) is 3.38. The fourth-order valence-corrected chi connectivity index (χ4v) is 2.59. The second-order valence-corrected chi connectivity index (χ2v) is 4.52. The zero-order valence-electron chi connectivity index (χ0n) is 10.6. The van der Waals surface area contributed by atoms with Crippen molar-refractivity contribution >= 4 is 6.09 Å². The molecular weight excluding hydrogens is 220 g/mol. The number of nitrogens with zero attached hydrogens (tertiary/aromatic N) is 2. The van der Waals surface area contributed by atoms with Crippen LogP contribution in [0, 0.1) is 0 Å². The highest BCUT2D eigenvalue weighted by Gasteiger charge is 2.32. The first-order chi connectivity index (χ1) is 8.33. The molecule has 2 rings (SSSR count). The highest BCUT2D eigenvalue weighted by atomic mass is 16.6. The zero-order chi connectivity index (χ0) is 12.1. The number of amides is 1. The van der Waals surface area contributed by atoms with E-state index in [9.17, 15) is 4.79 Å². The molecule has 1 amide bonds. The van der Waals surface area contributed by atoms with Crippen LogP contribution in [0.5, 0.6) is 0 Å². The molecule has 0 aromatic carbocycles. The summed E-state index contributed by atoms with van der Waals surface area (Å²) in [4.78, 5) is 16.1. The summed E-state index contributed by atoms with van der Waals surface area (Å²) < 4.78 is 10.5. The van der Waals surface area contributed by atoms with Gasteiger partial charge in [0.05, 0.1) is 26.0 Å². The van der Waals surface area contributed by atoms with Crippen molar-refractivity contribution in [1.82, 2.24) is 9.80 Å². The minimum absolute atomic E-state index is 0.163. The number of hydrogen-bond acceptors (Lipinski definition) is 4. The van der Waals surface area contributed by atoms with Gasteiger partial charge in [0.25, 0.3) is 0 Å². The molecule has 2 saturated heterocycles. The van der Waals surface area contributed by atoms with Gasteiger partial charge in [-0.3, -0.25) is 9.80 Å². The molecule has 17 heavy (non-hydrogen) atoms. The smallest absolute Gasteiger partial charge is 0.411 e. The maximum atomic E-state index is 11.9. The third-order valence-electron chi connectivity index (χ3n) is 3.44. The standard InChI is InChI=1S/C12H22N2O3/c1-2-17-12(15)14-6-4-3-5-11(14)13-7-9-16-10-8-13/h11H,2-10H2,1H3. The molecule has 2 aliphatic rings. The van der Waals surface area contributed by atoms with Crippen LogP contribution in [0.15, 0.2) is 0 Å². The van der Waals surface area contributed by atoms with Crippen LogP contribution in [0.4, 0.5) is 4.79 Å². The van der Waals surface area contributed by atoms with Crippen LogP contribution in [0.1, 0.15) is 26.2 Å². The lowest BCUT2D eigenvalue weighted by atomic mass is 10.1. The van der Waals surface area contributed by atoms with Crippen molar-refractivity contribution in [3.8, 4) is 0 Å². The van der Waals surface area contributed by atoms with Gasteiger partial charge in [-0.1, -0.05) is 0 Å². The topological polar surface area (TPSA) is 42.0 Å². The van der Waals surface area contributed by atoms with E-state index >= 15 is 0 Å². The predicted molar refractivity (Wildman–Crippen MR) is 63.8 cm³/mol. The normalized spacial score (nSPS) is 26.9. The Morgan fingerprint density at radius 2 is 2.06 bits per heavy atom. The van der Waals surface area contributed by atoms with E-state index in [2.05, 4.69) is 4.90 Å². The molecule has 0 N–H and O–H groups in total. The summed E-state index contributed by atoms with van der Waals surface area (Å²) in [5, 5.41) is 0. The lowest BCUT2D eigenvalue weighted by Gasteiger charge is -2.43. The number of carbonyl (C=O) groups excluding carboxylic acids is 1. The first kappa shape index (κ1) is 12.6. The van der Waals surface area contributed by atoms with E-state index < -0.39 is 0 Å². The highest BCUT2D eigenvalue weighted by Crippen LogP contribution is 2.21. The lowest BCUT2D eigenvalue weighted by Crippen LogP contribution is -2.56. The van der Waals surface area contributed by atoms with Gasteiger partial charge in [0.2, 0.25) is 0 Å². The van der Waals surface area contributed by atoms with Crippen molar-refractivity contribution in [3.05, 3.63) is 0 Å². The van der Waals surface area contributed by atoms with Crippen molar-refractivity contribution in [2.24, 2.45) is 0 Å². The van der Waals surface area contributed by atoms with Crippen LogP contribution >= 0.6 is 0 Å². The molecule has 5 heteroatoms. The molecule has 0 spiro atoms. The average Bonchev–Trinajstić information content (AvgIpc) is 2.40. The summed E-state index contributed by atoms with van der Waals surface area (Å²) in [7, 11) is 0. The Kier molecular flexibility index (Phi) is 4.62. The monoisotopic (exact) mass is 242 g/mol. The van der Waals surface area contributed by atoms with Crippen LogP contribution in [0.2, 0.25) is 0 Å². The maximum absolute atomic E-state index is 11.9. The van der Waals surface area contributed by atoms with Crippen LogP contribution in [-0.2, 0) is 9.47 Å². The summed E-state index contributed by atoms with van der Waals surface area (Å²) in [6.45, 7) is 6.50. The van der Waals surface area contributed by atoms with Crippen molar-refractivity contribution in [2.75, 3.05) is 39.5 Å². The predicted octanol–water partition coefficient (Wildman–Crippen LogP) is 1.29. The average molecular weight is 242 g/mol. The molecule has 5 nitrogen and oxygen atoms in total. The fraction of sp³-hybridized carbons (Fsp3) is 0.917. The SMILES string of the molecule is CCOC(=O)N1CCCCC1N1CCOCC1.